The second kappa shape index (κ2) is 10.1. The Morgan fingerprint density at radius 3 is 1.97 bits per heavy atom. The normalized spacial score (nSPS) is 12.6. The molecular weight excluding hydrogens is 436 g/mol. The smallest absolute Gasteiger partial charge is 0.244 e. The van der Waals surface area contributed by atoms with Crippen LogP contribution in [0.15, 0.2) is 84.9 Å². The largest absolute Gasteiger partial charge is 0.457 e. The molecule has 0 bridgehead atoms. The number of hydrogen-bond acceptors (Lipinski definition) is 4. The number of hydrogen-bond donors (Lipinski definition) is 1. The minimum atomic E-state index is -3.72. The van der Waals surface area contributed by atoms with Crippen LogP contribution in [-0.2, 0) is 21.2 Å². The zero-order chi connectivity index (χ0) is 24.1. The van der Waals surface area contributed by atoms with Crippen molar-refractivity contribution in [1.82, 2.24) is 5.32 Å². The highest BCUT2D eigenvalue weighted by atomic mass is 32.2. The average molecular weight is 467 g/mol. The Balaban J connectivity index is 1.76. The molecule has 3 aromatic rings. The molecule has 0 fully saturated rings. The van der Waals surface area contributed by atoms with Crippen LogP contribution in [0.1, 0.15) is 26.3 Å². The van der Waals surface area contributed by atoms with Crippen LogP contribution in [0.4, 0.5) is 5.69 Å². The van der Waals surface area contributed by atoms with Crippen molar-refractivity contribution in [2.75, 3.05) is 10.6 Å². The summed E-state index contributed by atoms with van der Waals surface area (Å²) in [6.45, 7) is 5.43. The molecule has 3 aromatic carbocycles. The Bertz CT molecular complexity index is 1160. The van der Waals surface area contributed by atoms with Gasteiger partial charge in [-0.15, -0.1) is 0 Å². The zero-order valence-corrected chi connectivity index (χ0v) is 20.2. The van der Waals surface area contributed by atoms with Gasteiger partial charge in [-0.2, -0.15) is 0 Å². The molecule has 0 heterocycles. The minimum Gasteiger partial charge on any atom is -0.457 e. The van der Waals surface area contributed by atoms with Crippen LogP contribution >= 0.6 is 0 Å². The second-order valence-electron chi connectivity index (χ2n) is 8.68. The number of para-hydroxylation sites is 1. The molecule has 0 radical (unpaired) electrons. The zero-order valence-electron chi connectivity index (χ0n) is 19.4. The van der Waals surface area contributed by atoms with E-state index in [-0.39, 0.29) is 5.91 Å². The van der Waals surface area contributed by atoms with Crippen molar-refractivity contribution in [3.05, 3.63) is 90.5 Å². The number of nitrogens with zero attached hydrogens (tertiary/aromatic N) is 1. The first-order chi connectivity index (χ1) is 15.5. The summed E-state index contributed by atoms with van der Waals surface area (Å²) in [6, 6.07) is 24.9. The van der Waals surface area contributed by atoms with Crippen molar-refractivity contribution in [3.8, 4) is 11.5 Å². The molecule has 0 aliphatic heterocycles. The van der Waals surface area contributed by atoms with Crippen LogP contribution < -0.4 is 14.4 Å². The number of sulfonamides is 1. The van der Waals surface area contributed by atoms with Crippen LogP contribution in [-0.4, -0.2) is 32.2 Å². The van der Waals surface area contributed by atoms with Crippen LogP contribution in [0.5, 0.6) is 11.5 Å². The second-order valence-corrected chi connectivity index (χ2v) is 10.5. The first-order valence-electron chi connectivity index (χ1n) is 10.7. The van der Waals surface area contributed by atoms with Gasteiger partial charge < -0.3 is 10.1 Å². The molecule has 0 saturated heterocycles. The van der Waals surface area contributed by atoms with E-state index in [2.05, 4.69) is 5.32 Å². The van der Waals surface area contributed by atoms with E-state index < -0.39 is 21.6 Å². The van der Waals surface area contributed by atoms with E-state index in [0.717, 1.165) is 16.1 Å². The third-order valence-electron chi connectivity index (χ3n) is 5.11. The lowest BCUT2D eigenvalue weighted by molar-refractivity contribution is -0.123. The van der Waals surface area contributed by atoms with E-state index in [4.69, 9.17) is 4.74 Å². The van der Waals surface area contributed by atoms with E-state index in [1.54, 1.807) is 31.2 Å². The van der Waals surface area contributed by atoms with E-state index >= 15 is 0 Å². The van der Waals surface area contributed by atoms with Gasteiger partial charge in [-0.1, -0.05) is 48.5 Å². The molecule has 3 rings (SSSR count). The number of benzene rings is 3. The third kappa shape index (κ3) is 6.83. The summed E-state index contributed by atoms with van der Waals surface area (Å²) in [5.41, 5.74) is 0.925. The van der Waals surface area contributed by atoms with Gasteiger partial charge in [-0.05, 0) is 69.2 Å². The fraction of sp³-hybridized carbons (Fsp3) is 0.269. The van der Waals surface area contributed by atoms with Gasteiger partial charge in [0.05, 0.1) is 11.9 Å². The molecule has 0 saturated carbocycles. The van der Waals surface area contributed by atoms with Crippen LogP contribution in [0, 0.1) is 0 Å². The maximum Gasteiger partial charge on any atom is 0.244 e. The molecule has 1 amide bonds. The van der Waals surface area contributed by atoms with Gasteiger partial charge in [-0.25, -0.2) is 8.42 Å². The first kappa shape index (κ1) is 24.3. The third-order valence-corrected chi connectivity index (χ3v) is 6.35. The Morgan fingerprint density at radius 2 is 1.42 bits per heavy atom. The van der Waals surface area contributed by atoms with Crippen molar-refractivity contribution >= 4 is 21.6 Å². The standard InChI is InChI=1S/C26H30N2O4S/c1-20(25(29)27-26(2,3)19-21-11-7-5-8-12-21)28(33(4,30)31)22-15-17-24(18-16-22)32-23-13-9-6-10-14-23/h5-18,20H,19H2,1-4H3,(H,27,29)/t20-/m1/s1. The Hall–Kier alpha value is -3.32. The van der Waals surface area contributed by atoms with Gasteiger partial charge in [0.2, 0.25) is 15.9 Å². The lowest BCUT2D eigenvalue weighted by Gasteiger charge is -2.33. The Labute approximate surface area is 196 Å². The summed E-state index contributed by atoms with van der Waals surface area (Å²) in [4.78, 5) is 13.1. The van der Waals surface area contributed by atoms with Crippen molar-refractivity contribution in [1.29, 1.82) is 0 Å². The predicted molar refractivity (Wildman–Crippen MR) is 132 cm³/mol. The maximum absolute atomic E-state index is 13.1. The fourth-order valence-electron chi connectivity index (χ4n) is 3.68. The van der Waals surface area contributed by atoms with Crippen LogP contribution in [0.3, 0.4) is 0 Å². The Kier molecular flexibility index (Phi) is 7.43. The predicted octanol–water partition coefficient (Wildman–Crippen LogP) is 4.77. The van der Waals surface area contributed by atoms with Crippen molar-refractivity contribution in [3.63, 3.8) is 0 Å². The minimum absolute atomic E-state index is 0.369. The highest BCUT2D eigenvalue weighted by Crippen LogP contribution is 2.27. The lowest BCUT2D eigenvalue weighted by atomic mass is 9.94. The van der Waals surface area contributed by atoms with E-state index in [0.29, 0.717) is 23.6 Å². The van der Waals surface area contributed by atoms with Crippen molar-refractivity contribution in [2.45, 2.75) is 38.8 Å². The van der Waals surface area contributed by atoms with Gasteiger partial charge in [0, 0.05) is 5.54 Å². The molecule has 33 heavy (non-hydrogen) atoms. The Morgan fingerprint density at radius 1 is 0.909 bits per heavy atom. The molecule has 0 aromatic heterocycles. The van der Waals surface area contributed by atoms with Gasteiger partial charge in [0.25, 0.3) is 0 Å². The van der Waals surface area contributed by atoms with Gasteiger partial charge in [0.1, 0.15) is 17.5 Å². The molecule has 174 valence electrons. The number of carbonyl (C=O) groups excluding carboxylic acids is 1. The summed E-state index contributed by atoms with van der Waals surface area (Å²) in [6.07, 6.45) is 1.72. The number of amides is 1. The molecule has 0 aliphatic rings. The molecule has 6 nitrogen and oxygen atoms in total. The van der Waals surface area contributed by atoms with Gasteiger partial charge >= 0.3 is 0 Å². The summed E-state index contributed by atoms with van der Waals surface area (Å²) in [5, 5.41) is 3.00. The molecular formula is C26H30N2O4S. The summed E-state index contributed by atoms with van der Waals surface area (Å²) >= 11 is 0. The van der Waals surface area contributed by atoms with E-state index in [1.165, 1.54) is 0 Å². The van der Waals surface area contributed by atoms with E-state index in [1.807, 2.05) is 74.5 Å². The number of carbonyl (C=O) groups is 1. The summed E-state index contributed by atoms with van der Waals surface area (Å²) in [5.74, 6) is 0.879. The molecule has 0 spiro atoms. The molecule has 7 heteroatoms. The monoisotopic (exact) mass is 466 g/mol. The van der Waals surface area contributed by atoms with E-state index in [9.17, 15) is 13.2 Å². The summed E-state index contributed by atoms with van der Waals surface area (Å²) < 4.78 is 32.2. The molecule has 0 aliphatic carbocycles. The number of ether oxygens (including phenoxy) is 1. The lowest BCUT2D eigenvalue weighted by Crippen LogP contribution is -2.54. The SMILES string of the molecule is C[C@H](C(=O)NC(C)(C)Cc1ccccc1)N(c1ccc(Oc2ccccc2)cc1)S(C)(=O)=O. The van der Waals surface area contributed by atoms with Gasteiger partial charge in [0.15, 0.2) is 0 Å². The number of anilines is 1. The first-order valence-corrected chi connectivity index (χ1v) is 12.6. The topological polar surface area (TPSA) is 75.7 Å². The van der Waals surface area contributed by atoms with Crippen molar-refractivity contribution in [2.24, 2.45) is 0 Å². The molecule has 1 N–H and O–H groups in total. The quantitative estimate of drug-likeness (QED) is 0.493. The maximum atomic E-state index is 13.1. The highest BCUT2D eigenvalue weighted by Gasteiger charge is 2.32. The highest BCUT2D eigenvalue weighted by molar-refractivity contribution is 7.92. The molecule has 0 unspecified atom stereocenters. The van der Waals surface area contributed by atoms with Crippen molar-refractivity contribution < 1.29 is 17.9 Å². The summed E-state index contributed by atoms with van der Waals surface area (Å²) in [7, 11) is -3.72. The number of rotatable bonds is 9. The number of nitrogens with one attached hydrogen (secondary N) is 1. The molecule has 1 atom stereocenters. The van der Waals surface area contributed by atoms with Crippen LogP contribution in [0.25, 0.3) is 0 Å². The fourth-order valence-corrected chi connectivity index (χ4v) is 4.86. The van der Waals surface area contributed by atoms with Gasteiger partial charge in [-0.3, -0.25) is 9.10 Å². The van der Waals surface area contributed by atoms with Crippen LogP contribution in [0.2, 0.25) is 0 Å². The average Bonchev–Trinajstić information content (AvgIpc) is 2.75.